The Kier molecular flexibility index (Phi) is 5.64. The zero-order chi connectivity index (χ0) is 12.1. The maximum Gasteiger partial charge on any atom is 0.0113 e. The van der Waals surface area contributed by atoms with Crippen molar-refractivity contribution in [3.63, 3.8) is 0 Å². The molecule has 2 rings (SSSR count). The van der Waals surface area contributed by atoms with E-state index in [1.54, 1.807) is 0 Å². The molecule has 100 valence electrons. The minimum Gasteiger partial charge on any atom is -0.300 e. The summed E-state index contributed by atoms with van der Waals surface area (Å²) < 4.78 is 0. The van der Waals surface area contributed by atoms with Crippen LogP contribution in [0.25, 0.3) is 0 Å². The van der Waals surface area contributed by atoms with E-state index in [1.807, 2.05) is 0 Å². The summed E-state index contributed by atoms with van der Waals surface area (Å²) in [5.41, 5.74) is 0. The van der Waals surface area contributed by atoms with E-state index in [1.165, 1.54) is 64.8 Å². The van der Waals surface area contributed by atoms with Gasteiger partial charge in [-0.2, -0.15) is 12.6 Å². The second kappa shape index (κ2) is 7.01. The first-order valence-electron chi connectivity index (χ1n) is 7.40. The van der Waals surface area contributed by atoms with Gasteiger partial charge < -0.3 is 4.90 Å². The third-order valence-corrected chi connectivity index (χ3v) is 5.12. The van der Waals surface area contributed by atoms with Crippen molar-refractivity contribution in [2.45, 2.75) is 45.1 Å². The number of hydrogen-bond acceptors (Lipinski definition) is 3. The van der Waals surface area contributed by atoms with Crippen molar-refractivity contribution in [3.05, 3.63) is 0 Å². The topological polar surface area (TPSA) is 6.48 Å². The van der Waals surface area contributed by atoms with Crippen LogP contribution in [0.1, 0.15) is 39.0 Å². The summed E-state index contributed by atoms with van der Waals surface area (Å²) in [5.74, 6) is 1.83. The van der Waals surface area contributed by atoms with Crippen LogP contribution in [0.4, 0.5) is 0 Å². The lowest BCUT2D eigenvalue weighted by molar-refractivity contribution is 0.0893. The first-order valence-corrected chi connectivity index (χ1v) is 8.04. The zero-order valence-corrected chi connectivity index (χ0v) is 12.2. The van der Waals surface area contributed by atoms with Crippen molar-refractivity contribution in [2.75, 3.05) is 38.5 Å². The highest BCUT2D eigenvalue weighted by Crippen LogP contribution is 2.24. The van der Waals surface area contributed by atoms with Crippen molar-refractivity contribution in [2.24, 2.45) is 5.92 Å². The fraction of sp³-hybridized carbons (Fsp3) is 1.00. The van der Waals surface area contributed by atoms with E-state index in [2.05, 4.69) is 29.4 Å². The summed E-state index contributed by atoms with van der Waals surface area (Å²) >= 11 is 4.45. The summed E-state index contributed by atoms with van der Waals surface area (Å²) in [7, 11) is 0. The first-order chi connectivity index (χ1) is 8.33. The molecule has 2 nitrogen and oxygen atoms in total. The Labute approximate surface area is 112 Å². The van der Waals surface area contributed by atoms with Gasteiger partial charge in [0.1, 0.15) is 0 Å². The van der Waals surface area contributed by atoms with Crippen LogP contribution in [0, 0.1) is 5.92 Å². The molecule has 2 fully saturated rings. The predicted molar refractivity (Wildman–Crippen MR) is 77.9 cm³/mol. The van der Waals surface area contributed by atoms with Crippen molar-refractivity contribution in [3.8, 4) is 0 Å². The van der Waals surface area contributed by atoms with Crippen LogP contribution in [0.2, 0.25) is 0 Å². The molecule has 1 heterocycles. The average Bonchev–Trinajstić information content (AvgIpc) is 2.90. The van der Waals surface area contributed by atoms with Gasteiger partial charge in [-0.15, -0.1) is 0 Å². The Hall–Kier alpha value is 0.270. The quantitative estimate of drug-likeness (QED) is 0.755. The molecule has 0 N–H and O–H groups in total. The van der Waals surface area contributed by atoms with Gasteiger partial charge in [0, 0.05) is 38.8 Å². The number of rotatable bonds is 5. The molecule has 1 saturated carbocycles. The molecule has 2 aliphatic rings. The Morgan fingerprint density at radius 3 is 2.29 bits per heavy atom. The van der Waals surface area contributed by atoms with Crippen LogP contribution in [0.5, 0.6) is 0 Å². The maximum absolute atomic E-state index is 4.45. The minimum absolute atomic E-state index is 0.788. The second-order valence-corrected chi connectivity index (χ2v) is 6.10. The van der Waals surface area contributed by atoms with Crippen LogP contribution in [-0.4, -0.2) is 54.3 Å². The molecule has 1 aliphatic carbocycles. The van der Waals surface area contributed by atoms with E-state index in [4.69, 9.17) is 0 Å². The highest BCUT2D eigenvalue weighted by atomic mass is 32.1. The predicted octanol–water partition coefficient (Wildman–Crippen LogP) is 2.50. The van der Waals surface area contributed by atoms with Gasteiger partial charge in [-0.05, 0) is 24.5 Å². The monoisotopic (exact) mass is 256 g/mol. The summed E-state index contributed by atoms with van der Waals surface area (Å²) in [6.45, 7) is 8.71. The SMILES string of the molecule is CCC(CS)CN1CCN(C2CCCC2)CC1. The van der Waals surface area contributed by atoms with Crippen LogP contribution in [-0.2, 0) is 0 Å². The van der Waals surface area contributed by atoms with Gasteiger partial charge in [0.2, 0.25) is 0 Å². The normalized spacial score (nSPS) is 26.5. The fourth-order valence-corrected chi connectivity index (χ4v) is 3.64. The Morgan fingerprint density at radius 2 is 1.76 bits per heavy atom. The molecule has 3 heteroatoms. The summed E-state index contributed by atoms with van der Waals surface area (Å²) in [5, 5.41) is 0. The molecule has 0 aromatic heterocycles. The van der Waals surface area contributed by atoms with Crippen LogP contribution < -0.4 is 0 Å². The molecule has 1 saturated heterocycles. The van der Waals surface area contributed by atoms with Gasteiger partial charge in [-0.3, -0.25) is 4.90 Å². The van der Waals surface area contributed by atoms with Gasteiger partial charge in [0.15, 0.2) is 0 Å². The van der Waals surface area contributed by atoms with Gasteiger partial charge in [0.05, 0.1) is 0 Å². The van der Waals surface area contributed by atoms with Crippen molar-refractivity contribution in [1.82, 2.24) is 9.80 Å². The van der Waals surface area contributed by atoms with Gasteiger partial charge in [-0.25, -0.2) is 0 Å². The summed E-state index contributed by atoms with van der Waals surface area (Å²) in [6, 6.07) is 0.920. The van der Waals surface area contributed by atoms with E-state index in [-0.39, 0.29) is 0 Å². The number of nitrogens with zero attached hydrogens (tertiary/aromatic N) is 2. The third-order valence-electron chi connectivity index (χ3n) is 4.60. The summed E-state index contributed by atoms with van der Waals surface area (Å²) in [4.78, 5) is 5.39. The molecule has 1 unspecified atom stereocenters. The largest absolute Gasteiger partial charge is 0.300 e. The molecular formula is C14H28N2S. The Balaban J connectivity index is 1.70. The lowest BCUT2D eigenvalue weighted by atomic mass is 10.1. The molecule has 0 aromatic rings. The molecular weight excluding hydrogens is 228 g/mol. The average molecular weight is 256 g/mol. The Bertz CT molecular complexity index is 204. The molecule has 17 heavy (non-hydrogen) atoms. The highest BCUT2D eigenvalue weighted by molar-refractivity contribution is 7.80. The van der Waals surface area contributed by atoms with Crippen LogP contribution >= 0.6 is 12.6 Å². The van der Waals surface area contributed by atoms with Crippen molar-refractivity contribution < 1.29 is 0 Å². The highest BCUT2D eigenvalue weighted by Gasteiger charge is 2.26. The summed E-state index contributed by atoms with van der Waals surface area (Å²) in [6.07, 6.45) is 7.10. The van der Waals surface area contributed by atoms with E-state index < -0.39 is 0 Å². The van der Waals surface area contributed by atoms with Crippen molar-refractivity contribution >= 4 is 12.6 Å². The number of hydrogen-bond donors (Lipinski definition) is 1. The second-order valence-electron chi connectivity index (χ2n) is 5.73. The van der Waals surface area contributed by atoms with Crippen LogP contribution in [0.3, 0.4) is 0 Å². The van der Waals surface area contributed by atoms with Crippen molar-refractivity contribution in [1.29, 1.82) is 0 Å². The smallest absolute Gasteiger partial charge is 0.0113 e. The van der Waals surface area contributed by atoms with E-state index in [0.29, 0.717) is 0 Å². The molecule has 0 amide bonds. The molecule has 1 atom stereocenters. The molecule has 0 radical (unpaired) electrons. The molecule has 0 bridgehead atoms. The number of piperazine rings is 1. The standard InChI is InChI=1S/C14H28N2S/c1-2-13(12-17)11-15-7-9-16(10-8-15)14-5-3-4-6-14/h13-14,17H,2-12H2,1H3. The van der Waals surface area contributed by atoms with Gasteiger partial charge in [0.25, 0.3) is 0 Å². The molecule has 1 aliphatic heterocycles. The van der Waals surface area contributed by atoms with Crippen LogP contribution in [0.15, 0.2) is 0 Å². The lowest BCUT2D eigenvalue weighted by Gasteiger charge is -2.39. The van der Waals surface area contributed by atoms with Gasteiger partial charge >= 0.3 is 0 Å². The van der Waals surface area contributed by atoms with E-state index in [0.717, 1.165) is 17.7 Å². The molecule has 0 spiro atoms. The fourth-order valence-electron chi connectivity index (χ4n) is 3.26. The molecule has 0 aromatic carbocycles. The first kappa shape index (κ1) is 13.7. The third kappa shape index (κ3) is 3.87. The zero-order valence-electron chi connectivity index (χ0n) is 11.3. The van der Waals surface area contributed by atoms with E-state index in [9.17, 15) is 0 Å². The van der Waals surface area contributed by atoms with Gasteiger partial charge in [-0.1, -0.05) is 26.2 Å². The Morgan fingerprint density at radius 1 is 1.12 bits per heavy atom. The lowest BCUT2D eigenvalue weighted by Crippen LogP contribution is -2.50. The number of thiol groups is 1. The maximum atomic E-state index is 4.45. The van der Waals surface area contributed by atoms with E-state index >= 15 is 0 Å². The minimum atomic E-state index is 0.788.